The number of unbranched alkanes of at least 4 members (excludes halogenated alkanes) is 15. The molecule has 0 aromatic heterocycles. The molecule has 1 nitrogen and oxygen atoms in total. The van der Waals surface area contributed by atoms with E-state index in [0.717, 1.165) is 6.54 Å². The summed E-state index contributed by atoms with van der Waals surface area (Å²) in [7, 11) is 0. The number of aryl methyl sites for hydroxylation is 1. The van der Waals surface area contributed by atoms with Gasteiger partial charge in [-0.05, 0) is 24.5 Å². The number of halogens is 1. The molecule has 0 fully saturated rings. The largest absolute Gasteiger partial charge is 0.385 e. The van der Waals surface area contributed by atoms with Gasteiger partial charge in [-0.15, -0.1) is 12.4 Å². The van der Waals surface area contributed by atoms with Gasteiger partial charge in [-0.25, -0.2) is 0 Å². The fourth-order valence-corrected chi connectivity index (χ4v) is 4.08. The first kappa shape index (κ1) is 28.3. The topological polar surface area (TPSA) is 12.0 Å². The molecule has 0 saturated carbocycles. The fourth-order valence-electron chi connectivity index (χ4n) is 4.08. The molecule has 0 unspecified atom stereocenters. The first-order valence-electron chi connectivity index (χ1n) is 12.7. The van der Waals surface area contributed by atoms with Crippen molar-refractivity contribution in [1.82, 2.24) is 0 Å². The smallest absolute Gasteiger partial charge is 0.0372 e. The van der Waals surface area contributed by atoms with E-state index in [1.165, 1.54) is 127 Å². The van der Waals surface area contributed by atoms with E-state index in [-0.39, 0.29) is 12.4 Å². The Bertz CT molecular complexity index is 446. The molecule has 0 bridgehead atoms. The highest BCUT2D eigenvalue weighted by Crippen LogP contribution is 2.17. The molecule has 0 aliphatic heterocycles. The lowest BCUT2D eigenvalue weighted by Crippen LogP contribution is -2.04. The zero-order chi connectivity index (χ0) is 20.1. The molecule has 29 heavy (non-hydrogen) atoms. The van der Waals surface area contributed by atoms with Gasteiger partial charge < -0.3 is 5.32 Å². The highest BCUT2D eigenvalue weighted by Gasteiger charge is 2.00. The van der Waals surface area contributed by atoms with Gasteiger partial charge in [-0.1, -0.05) is 135 Å². The molecule has 0 amide bonds. The maximum atomic E-state index is 3.65. The van der Waals surface area contributed by atoms with Gasteiger partial charge in [-0.3, -0.25) is 0 Å². The predicted molar refractivity (Wildman–Crippen MR) is 136 cm³/mol. The molecule has 0 aliphatic carbocycles. The maximum absolute atomic E-state index is 3.65. The van der Waals surface area contributed by atoms with Gasteiger partial charge in [0.2, 0.25) is 0 Å². The Kier molecular flexibility index (Phi) is 21.5. The number of benzene rings is 1. The van der Waals surface area contributed by atoms with Crippen LogP contribution in [-0.4, -0.2) is 6.54 Å². The van der Waals surface area contributed by atoms with E-state index in [1.807, 2.05) is 0 Å². The number of para-hydroxylation sites is 1. The minimum atomic E-state index is 0. The third kappa shape index (κ3) is 16.8. The van der Waals surface area contributed by atoms with Crippen LogP contribution in [0.5, 0.6) is 0 Å². The van der Waals surface area contributed by atoms with Gasteiger partial charge in [0, 0.05) is 12.2 Å². The molecule has 0 radical (unpaired) electrons. The first-order chi connectivity index (χ1) is 13.9. The normalized spacial score (nSPS) is 10.7. The molecule has 0 aliphatic rings. The van der Waals surface area contributed by atoms with Crippen LogP contribution < -0.4 is 5.32 Å². The molecular formula is C27H50ClN. The van der Waals surface area contributed by atoms with Crippen LogP contribution in [0.3, 0.4) is 0 Å². The van der Waals surface area contributed by atoms with E-state index in [0.29, 0.717) is 0 Å². The molecule has 0 spiro atoms. The lowest BCUT2D eigenvalue weighted by molar-refractivity contribution is 0.530. The van der Waals surface area contributed by atoms with Crippen molar-refractivity contribution >= 4 is 18.1 Å². The Morgan fingerprint density at radius 1 is 0.552 bits per heavy atom. The van der Waals surface area contributed by atoms with Crippen molar-refractivity contribution in [3.8, 4) is 0 Å². The van der Waals surface area contributed by atoms with Crippen molar-refractivity contribution in [2.24, 2.45) is 0 Å². The Morgan fingerprint density at radius 3 is 1.48 bits per heavy atom. The fraction of sp³-hybridized carbons (Fsp3) is 0.778. The van der Waals surface area contributed by atoms with Crippen LogP contribution in [0.2, 0.25) is 0 Å². The van der Waals surface area contributed by atoms with E-state index in [2.05, 4.69) is 43.4 Å². The standard InChI is InChI=1S/C27H49N.ClH/c1-3-5-6-7-8-9-10-11-12-13-14-15-16-17-18-21-25-28-27-24-20-19-23-26(27)22-4-2;/h19-20,23-24,28H,3-18,21-22,25H2,1-2H3;1H. The molecule has 0 heterocycles. The molecule has 0 saturated heterocycles. The van der Waals surface area contributed by atoms with Crippen LogP contribution >= 0.6 is 12.4 Å². The summed E-state index contributed by atoms with van der Waals surface area (Å²) in [6, 6.07) is 8.80. The number of rotatable bonds is 20. The average Bonchev–Trinajstić information content (AvgIpc) is 2.71. The Hall–Kier alpha value is -0.690. The third-order valence-electron chi connectivity index (χ3n) is 5.88. The van der Waals surface area contributed by atoms with Crippen LogP contribution in [0.25, 0.3) is 0 Å². The second-order valence-electron chi connectivity index (χ2n) is 8.64. The summed E-state index contributed by atoms with van der Waals surface area (Å²) < 4.78 is 0. The molecule has 170 valence electrons. The number of hydrogen-bond donors (Lipinski definition) is 1. The van der Waals surface area contributed by atoms with Crippen LogP contribution in [-0.2, 0) is 6.42 Å². The van der Waals surface area contributed by atoms with Gasteiger partial charge >= 0.3 is 0 Å². The second-order valence-corrected chi connectivity index (χ2v) is 8.64. The minimum Gasteiger partial charge on any atom is -0.385 e. The summed E-state index contributed by atoms with van der Waals surface area (Å²) in [6.45, 7) is 5.68. The zero-order valence-corrected chi connectivity index (χ0v) is 20.5. The van der Waals surface area contributed by atoms with Crippen LogP contribution in [0, 0.1) is 0 Å². The van der Waals surface area contributed by atoms with Gasteiger partial charge in [0.15, 0.2) is 0 Å². The van der Waals surface area contributed by atoms with Gasteiger partial charge in [0.25, 0.3) is 0 Å². The molecule has 0 atom stereocenters. The van der Waals surface area contributed by atoms with E-state index in [4.69, 9.17) is 0 Å². The van der Waals surface area contributed by atoms with Crippen LogP contribution in [0.15, 0.2) is 24.3 Å². The van der Waals surface area contributed by atoms with Crippen molar-refractivity contribution in [2.75, 3.05) is 11.9 Å². The molecule has 2 heteroatoms. The summed E-state index contributed by atoms with van der Waals surface area (Å²) in [5, 5.41) is 3.65. The van der Waals surface area contributed by atoms with Crippen molar-refractivity contribution in [3.63, 3.8) is 0 Å². The minimum absolute atomic E-state index is 0. The van der Waals surface area contributed by atoms with E-state index < -0.39 is 0 Å². The van der Waals surface area contributed by atoms with Gasteiger partial charge in [-0.2, -0.15) is 0 Å². The van der Waals surface area contributed by atoms with Crippen LogP contribution in [0.1, 0.15) is 129 Å². The summed E-state index contributed by atoms with van der Waals surface area (Å²) in [4.78, 5) is 0. The van der Waals surface area contributed by atoms with Crippen LogP contribution in [0.4, 0.5) is 5.69 Å². The van der Waals surface area contributed by atoms with E-state index in [9.17, 15) is 0 Å². The summed E-state index contributed by atoms with van der Waals surface area (Å²) in [6.07, 6.45) is 25.4. The number of nitrogens with one attached hydrogen (secondary N) is 1. The number of hydrogen-bond acceptors (Lipinski definition) is 1. The quantitative estimate of drug-likeness (QED) is 0.206. The predicted octanol–water partition coefficient (Wildman–Crippen LogP) is 9.73. The highest BCUT2D eigenvalue weighted by atomic mass is 35.5. The maximum Gasteiger partial charge on any atom is 0.0372 e. The lowest BCUT2D eigenvalue weighted by atomic mass is 10.0. The van der Waals surface area contributed by atoms with Crippen molar-refractivity contribution in [1.29, 1.82) is 0 Å². The Labute approximate surface area is 189 Å². The van der Waals surface area contributed by atoms with Gasteiger partial charge in [0.05, 0.1) is 0 Å². The Morgan fingerprint density at radius 2 is 1.00 bits per heavy atom. The monoisotopic (exact) mass is 423 g/mol. The Balaban J connectivity index is 0.00000784. The van der Waals surface area contributed by atoms with E-state index >= 15 is 0 Å². The van der Waals surface area contributed by atoms with Crippen molar-refractivity contribution in [3.05, 3.63) is 29.8 Å². The summed E-state index contributed by atoms with van der Waals surface area (Å²) >= 11 is 0. The van der Waals surface area contributed by atoms with Gasteiger partial charge in [0.1, 0.15) is 0 Å². The van der Waals surface area contributed by atoms with E-state index in [1.54, 1.807) is 0 Å². The van der Waals surface area contributed by atoms with Crippen molar-refractivity contribution < 1.29 is 0 Å². The second kappa shape index (κ2) is 22.0. The summed E-state index contributed by atoms with van der Waals surface area (Å²) in [5.74, 6) is 0. The number of anilines is 1. The zero-order valence-electron chi connectivity index (χ0n) is 19.7. The highest BCUT2D eigenvalue weighted by molar-refractivity contribution is 5.85. The molecule has 1 rings (SSSR count). The SMILES string of the molecule is CCCCCCCCCCCCCCCCCCNc1ccccc1CCC.Cl. The average molecular weight is 424 g/mol. The first-order valence-corrected chi connectivity index (χ1v) is 12.7. The molecular weight excluding hydrogens is 374 g/mol. The summed E-state index contributed by atoms with van der Waals surface area (Å²) in [5.41, 5.74) is 2.83. The molecule has 1 aromatic carbocycles. The third-order valence-corrected chi connectivity index (χ3v) is 5.88. The lowest BCUT2D eigenvalue weighted by Gasteiger charge is -2.11. The van der Waals surface area contributed by atoms with Crippen molar-refractivity contribution in [2.45, 2.75) is 129 Å². The molecule has 1 N–H and O–H groups in total. The molecule has 1 aromatic rings.